The molecule has 0 aliphatic rings. The van der Waals surface area contributed by atoms with E-state index in [4.69, 9.17) is 0 Å². The summed E-state index contributed by atoms with van der Waals surface area (Å²) in [7, 11) is 1.93. The van der Waals surface area contributed by atoms with E-state index in [2.05, 4.69) is 52.4 Å². The van der Waals surface area contributed by atoms with E-state index in [1.165, 1.54) is 5.56 Å². The van der Waals surface area contributed by atoms with Crippen molar-refractivity contribution in [3.63, 3.8) is 0 Å². The van der Waals surface area contributed by atoms with Gasteiger partial charge in [0.05, 0.1) is 0 Å². The third kappa shape index (κ3) is 2.22. The Bertz CT molecular complexity index is 233. The summed E-state index contributed by atoms with van der Waals surface area (Å²) < 4.78 is 0. The van der Waals surface area contributed by atoms with E-state index in [0.717, 1.165) is 5.69 Å². The Kier molecular flexibility index (Phi) is 2.94. The molecule has 1 nitrogen and oxygen atoms in total. The molecule has 2 heteroatoms. The molecular formula is C9H12BrN. The average molecular weight is 214 g/mol. The van der Waals surface area contributed by atoms with Gasteiger partial charge in [0, 0.05) is 17.6 Å². The first-order valence-electron chi connectivity index (χ1n) is 3.66. The van der Waals surface area contributed by atoms with Gasteiger partial charge in [-0.1, -0.05) is 28.1 Å². The van der Waals surface area contributed by atoms with Gasteiger partial charge in [-0.3, -0.25) is 0 Å². The lowest BCUT2D eigenvalue weighted by Crippen LogP contribution is -1.89. The molecule has 1 atom stereocenters. The second-order valence-electron chi connectivity index (χ2n) is 2.49. The standard InChI is InChI=1S/C9H12BrN/c1-7(10)8-4-3-5-9(6-8)11-2/h3-7,11H,1-2H3. The van der Waals surface area contributed by atoms with E-state index in [9.17, 15) is 0 Å². The molecule has 0 bridgehead atoms. The molecule has 0 aromatic heterocycles. The predicted octanol–water partition coefficient (Wildman–Crippen LogP) is 3.18. The molecule has 0 radical (unpaired) electrons. The summed E-state index contributed by atoms with van der Waals surface area (Å²) in [6, 6.07) is 8.36. The molecule has 0 spiro atoms. The Morgan fingerprint density at radius 2 is 2.18 bits per heavy atom. The van der Waals surface area contributed by atoms with Crippen LogP contribution in [0.1, 0.15) is 17.3 Å². The predicted molar refractivity (Wildman–Crippen MR) is 53.3 cm³/mol. The van der Waals surface area contributed by atoms with Crippen LogP contribution in [0.15, 0.2) is 24.3 Å². The molecule has 1 aromatic rings. The zero-order valence-electron chi connectivity index (χ0n) is 6.76. The minimum absolute atomic E-state index is 0.427. The van der Waals surface area contributed by atoms with Crippen LogP contribution in [0, 0.1) is 0 Å². The molecule has 0 amide bonds. The number of alkyl halides is 1. The number of halogens is 1. The summed E-state index contributed by atoms with van der Waals surface area (Å²) in [5.74, 6) is 0. The highest BCUT2D eigenvalue weighted by Crippen LogP contribution is 2.23. The molecule has 1 rings (SSSR count). The maximum atomic E-state index is 3.52. The fourth-order valence-corrected chi connectivity index (χ4v) is 1.23. The molecule has 0 heterocycles. The minimum Gasteiger partial charge on any atom is -0.388 e. The van der Waals surface area contributed by atoms with Gasteiger partial charge in [0.2, 0.25) is 0 Å². The lowest BCUT2D eigenvalue weighted by molar-refractivity contribution is 1.12. The van der Waals surface area contributed by atoms with Crippen LogP contribution < -0.4 is 5.32 Å². The van der Waals surface area contributed by atoms with Gasteiger partial charge in [0.1, 0.15) is 0 Å². The van der Waals surface area contributed by atoms with Gasteiger partial charge in [0.25, 0.3) is 0 Å². The highest BCUT2D eigenvalue weighted by atomic mass is 79.9. The SMILES string of the molecule is CNc1cccc(C(C)Br)c1. The first-order chi connectivity index (χ1) is 5.24. The number of nitrogens with one attached hydrogen (secondary N) is 1. The van der Waals surface area contributed by atoms with Crippen molar-refractivity contribution in [2.75, 3.05) is 12.4 Å². The van der Waals surface area contributed by atoms with Gasteiger partial charge < -0.3 is 5.32 Å². The number of rotatable bonds is 2. The van der Waals surface area contributed by atoms with Gasteiger partial charge >= 0.3 is 0 Å². The first-order valence-corrected chi connectivity index (χ1v) is 4.57. The third-order valence-corrected chi connectivity index (χ3v) is 2.16. The van der Waals surface area contributed by atoms with Crippen molar-refractivity contribution >= 4 is 21.6 Å². The number of anilines is 1. The molecule has 0 saturated carbocycles. The van der Waals surface area contributed by atoms with E-state index in [0.29, 0.717) is 4.83 Å². The summed E-state index contributed by atoms with van der Waals surface area (Å²) in [5.41, 5.74) is 2.46. The molecule has 0 aliphatic carbocycles. The van der Waals surface area contributed by atoms with Crippen LogP contribution in [-0.4, -0.2) is 7.05 Å². The Morgan fingerprint density at radius 3 is 2.73 bits per heavy atom. The van der Waals surface area contributed by atoms with Crippen molar-refractivity contribution in [1.82, 2.24) is 0 Å². The molecule has 60 valence electrons. The lowest BCUT2D eigenvalue weighted by Gasteiger charge is -2.05. The summed E-state index contributed by atoms with van der Waals surface area (Å²) in [6.07, 6.45) is 0. The van der Waals surface area contributed by atoms with E-state index >= 15 is 0 Å². The smallest absolute Gasteiger partial charge is 0.0367 e. The van der Waals surface area contributed by atoms with Gasteiger partial charge in [0.15, 0.2) is 0 Å². The van der Waals surface area contributed by atoms with E-state index < -0.39 is 0 Å². The fraction of sp³-hybridized carbons (Fsp3) is 0.333. The molecule has 0 aliphatic heterocycles. The van der Waals surface area contributed by atoms with Crippen molar-refractivity contribution in [3.05, 3.63) is 29.8 Å². The van der Waals surface area contributed by atoms with Crippen LogP contribution in [0.5, 0.6) is 0 Å². The quantitative estimate of drug-likeness (QED) is 0.745. The van der Waals surface area contributed by atoms with Crippen molar-refractivity contribution in [2.45, 2.75) is 11.8 Å². The highest BCUT2D eigenvalue weighted by Gasteiger charge is 1.99. The average Bonchev–Trinajstić information content (AvgIpc) is 2.05. The summed E-state index contributed by atoms with van der Waals surface area (Å²) in [5, 5.41) is 3.10. The zero-order chi connectivity index (χ0) is 8.27. The van der Waals surface area contributed by atoms with Crippen molar-refractivity contribution in [1.29, 1.82) is 0 Å². The van der Waals surface area contributed by atoms with Crippen LogP contribution >= 0.6 is 15.9 Å². The van der Waals surface area contributed by atoms with Crippen molar-refractivity contribution in [3.8, 4) is 0 Å². The minimum atomic E-state index is 0.427. The molecule has 1 unspecified atom stereocenters. The Hall–Kier alpha value is -0.500. The molecule has 11 heavy (non-hydrogen) atoms. The van der Waals surface area contributed by atoms with Crippen LogP contribution in [-0.2, 0) is 0 Å². The number of benzene rings is 1. The summed E-state index contributed by atoms with van der Waals surface area (Å²) in [4.78, 5) is 0.427. The normalized spacial score (nSPS) is 12.6. The molecule has 1 N–H and O–H groups in total. The van der Waals surface area contributed by atoms with Crippen LogP contribution in [0.2, 0.25) is 0 Å². The Balaban J connectivity index is 2.91. The molecule has 1 aromatic carbocycles. The Morgan fingerprint density at radius 1 is 1.45 bits per heavy atom. The Labute approximate surface area is 75.9 Å². The lowest BCUT2D eigenvalue weighted by atomic mass is 10.1. The van der Waals surface area contributed by atoms with Gasteiger partial charge in [-0.25, -0.2) is 0 Å². The number of hydrogen-bond acceptors (Lipinski definition) is 1. The molecular weight excluding hydrogens is 202 g/mol. The molecule has 0 saturated heterocycles. The highest BCUT2D eigenvalue weighted by molar-refractivity contribution is 9.09. The van der Waals surface area contributed by atoms with Gasteiger partial charge in [-0.05, 0) is 24.6 Å². The largest absolute Gasteiger partial charge is 0.388 e. The topological polar surface area (TPSA) is 12.0 Å². The van der Waals surface area contributed by atoms with E-state index in [-0.39, 0.29) is 0 Å². The van der Waals surface area contributed by atoms with Crippen LogP contribution in [0.25, 0.3) is 0 Å². The monoisotopic (exact) mass is 213 g/mol. The summed E-state index contributed by atoms with van der Waals surface area (Å²) in [6.45, 7) is 2.12. The van der Waals surface area contributed by atoms with E-state index in [1.54, 1.807) is 0 Å². The number of hydrogen-bond donors (Lipinski definition) is 1. The second kappa shape index (κ2) is 3.77. The molecule has 0 fully saturated rings. The first kappa shape index (κ1) is 8.60. The van der Waals surface area contributed by atoms with Crippen molar-refractivity contribution < 1.29 is 0 Å². The maximum absolute atomic E-state index is 3.52. The summed E-state index contributed by atoms with van der Waals surface area (Å²) >= 11 is 3.52. The van der Waals surface area contributed by atoms with Gasteiger partial charge in [-0.15, -0.1) is 0 Å². The van der Waals surface area contributed by atoms with Crippen LogP contribution in [0.3, 0.4) is 0 Å². The van der Waals surface area contributed by atoms with Crippen molar-refractivity contribution in [2.24, 2.45) is 0 Å². The third-order valence-electron chi connectivity index (χ3n) is 1.63. The van der Waals surface area contributed by atoms with E-state index in [1.807, 2.05) is 7.05 Å². The fourth-order valence-electron chi connectivity index (χ4n) is 0.942. The van der Waals surface area contributed by atoms with Crippen LogP contribution in [0.4, 0.5) is 5.69 Å². The zero-order valence-corrected chi connectivity index (χ0v) is 8.35. The maximum Gasteiger partial charge on any atom is 0.0367 e. The van der Waals surface area contributed by atoms with Gasteiger partial charge in [-0.2, -0.15) is 0 Å². The second-order valence-corrected chi connectivity index (χ2v) is 3.86.